The molecule has 0 saturated carbocycles. The lowest BCUT2D eigenvalue weighted by Gasteiger charge is -2.06. The Morgan fingerprint density at radius 2 is 1.88 bits per heavy atom. The minimum Gasteiger partial charge on any atom is -0.304 e. The molecule has 0 unspecified atom stereocenters. The average Bonchev–Trinajstić information content (AvgIpc) is 3.09. The lowest BCUT2D eigenvalue weighted by Crippen LogP contribution is -2.08. The third kappa shape index (κ3) is 3.99. The van der Waals surface area contributed by atoms with Crippen molar-refractivity contribution in [1.82, 2.24) is 19.7 Å². The number of halogens is 4. The molecule has 0 radical (unpaired) electrons. The molecule has 0 atom stereocenters. The van der Waals surface area contributed by atoms with Crippen LogP contribution in [0, 0.1) is 6.92 Å². The Kier molecular flexibility index (Phi) is 5.08. The van der Waals surface area contributed by atoms with Gasteiger partial charge in [0, 0.05) is 17.8 Å². The summed E-state index contributed by atoms with van der Waals surface area (Å²) in [5, 5.41) is 9.47. The Bertz CT molecular complexity index is 887. The van der Waals surface area contributed by atoms with Crippen molar-refractivity contribution in [2.45, 2.75) is 24.0 Å². The van der Waals surface area contributed by atoms with Gasteiger partial charge in [-0.15, -0.1) is 21.5 Å². The van der Waals surface area contributed by atoms with Gasteiger partial charge < -0.3 is 4.57 Å². The first-order chi connectivity index (χ1) is 11.8. The highest BCUT2D eigenvalue weighted by Gasteiger charge is 2.38. The molecule has 0 spiro atoms. The van der Waals surface area contributed by atoms with Crippen LogP contribution in [-0.2, 0) is 19.0 Å². The van der Waals surface area contributed by atoms with Crippen LogP contribution in [0.3, 0.4) is 0 Å². The third-order valence-electron chi connectivity index (χ3n) is 3.32. The quantitative estimate of drug-likeness (QED) is 0.560. The fourth-order valence-electron chi connectivity index (χ4n) is 2.14. The lowest BCUT2D eigenvalue weighted by molar-refractivity contribution is -0.140. The average molecular weight is 405 g/mol. The minimum absolute atomic E-state index is 0.0154. The Hall–Kier alpha value is -1.58. The van der Waals surface area contributed by atoms with Crippen LogP contribution in [0.25, 0.3) is 10.7 Å². The van der Waals surface area contributed by atoms with E-state index in [0.717, 1.165) is 16.9 Å². The van der Waals surface area contributed by atoms with Crippen LogP contribution >= 0.6 is 34.7 Å². The van der Waals surface area contributed by atoms with Crippen LogP contribution in [0.5, 0.6) is 0 Å². The summed E-state index contributed by atoms with van der Waals surface area (Å²) in [7, 11) is 1.65. The molecule has 0 amide bonds. The maximum atomic E-state index is 13.2. The summed E-state index contributed by atoms with van der Waals surface area (Å²) in [5.41, 5.74) is 0.114. The van der Waals surface area contributed by atoms with E-state index in [-0.39, 0.29) is 10.7 Å². The highest BCUT2D eigenvalue weighted by molar-refractivity contribution is 7.98. The SMILES string of the molecule is Cc1nc(C(F)(F)F)c(-c2nnc(SCc3ccc(Cl)cc3)n2C)s1. The number of hydrogen-bond acceptors (Lipinski definition) is 5. The largest absolute Gasteiger partial charge is 0.434 e. The topological polar surface area (TPSA) is 43.6 Å². The van der Waals surface area contributed by atoms with Crippen LogP contribution in [0.15, 0.2) is 29.4 Å². The standard InChI is InChI=1S/C15H12ClF3N4S2/c1-8-20-12(15(17,18)19)11(25-8)13-21-22-14(23(13)2)24-7-9-3-5-10(16)6-4-9/h3-6H,7H2,1-2H3. The summed E-state index contributed by atoms with van der Waals surface area (Å²) in [5.74, 6) is 0.772. The monoisotopic (exact) mass is 404 g/mol. The highest BCUT2D eigenvalue weighted by Crippen LogP contribution is 2.40. The van der Waals surface area contributed by atoms with Crippen LogP contribution in [0.4, 0.5) is 13.2 Å². The van der Waals surface area contributed by atoms with E-state index in [1.165, 1.54) is 18.7 Å². The first-order valence-electron chi connectivity index (χ1n) is 7.07. The Labute approximate surface area is 155 Å². The Morgan fingerprint density at radius 3 is 2.52 bits per heavy atom. The predicted octanol–water partition coefficient (Wildman–Crippen LogP) is 5.21. The van der Waals surface area contributed by atoms with Crippen molar-refractivity contribution < 1.29 is 13.2 Å². The van der Waals surface area contributed by atoms with E-state index in [2.05, 4.69) is 15.2 Å². The second-order valence-electron chi connectivity index (χ2n) is 5.19. The molecule has 2 heterocycles. The molecule has 3 aromatic rings. The van der Waals surface area contributed by atoms with Gasteiger partial charge in [-0.2, -0.15) is 13.2 Å². The van der Waals surface area contributed by atoms with Crippen LogP contribution in [0.1, 0.15) is 16.3 Å². The molecule has 0 bridgehead atoms. The number of aromatic nitrogens is 4. The molecule has 0 aliphatic heterocycles. The zero-order valence-corrected chi connectivity index (χ0v) is 15.5. The van der Waals surface area contributed by atoms with E-state index in [1.807, 2.05) is 12.1 Å². The second-order valence-corrected chi connectivity index (χ2v) is 7.77. The molecule has 0 saturated heterocycles. The molecule has 25 heavy (non-hydrogen) atoms. The van der Waals surface area contributed by atoms with Crippen molar-refractivity contribution in [3.8, 4) is 10.7 Å². The van der Waals surface area contributed by atoms with Crippen LogP contribution in [0.2, 0.25) is 5.02 Å². The van der Waals surface area contributed by atoms with Crippen molar-refractivity contribution in [2.75, 3.05) is 0 Å². The number of thiazole rings is 1. The van der Waals surface area contributed by atoms with Crippen molar-refractivity contribution in [1.29, 1.82) is 0 Å². The highest BCUT2D eigenvalue weighted by atomic mass is 35.5. The summed E-state index contributed by atoms with van der Waals surface area (Å²) in [6.07, 6.45) is -4.53. The maximum absolute atomic E-state index is 13.2. The van der Waals surface area contributed by atoms with E-state index in [9.17, 15) is 13.2 Å². The summed E-state index contributed by atoms with van der Waals surface area (Å²) >= 11 is 8.20. The molecule has 4 nitrogen and oxygen atoms in total. The summed E-state index contributed by atoms with van der Waals surface area (Å²) < 4.78 is 41.0. The van der Waals surface area contributed by atoms with Crippen molar-refractivity contribution in [3.63, 3.8) is 0 Å². The third-order valence-corrected chi connectivity index (χ3v) is 5.63. The number of aryl methyl sites for hydroxylation is 1. The number of alkyl halides is 3. The fraction of sp³-hybridized carbons (Fsp3) is 0.267. The summed E-state index contributed by atoms with van der Waals surface area (Å²) in [6, 6.07) is 7.35. The molecular weight excluding hydrogens is 393 g/mol. The van der Waals surface area contributed by atoms with E-state index in [4.69, 9.17) is 11.6 Å². The van der Waals surface area contributed by atoms with Gasteiger partial charge in [-0.05, 0) is 24.6 Å². The van der Waals surface area contributed by atoms with Gasteiger partial charge in [-0.25, -0.2) is 4.98 Å². The first-order valence-corrected chi connectivity index (χ1v) is 9.25. The van der Waals surface area contributed by atoms with Crippen molar-refractivity contribution >= 4 is 34.7 Å². The molecule has 0 aliphatic carbocycles. The van der Waals surface area contributed by atoms with E-state index >= 15 is 0 Å². The lowest BCUT2D eigenvalue weighted by atomic mass is 10.2. The maximum Gasteiger partial charge on any atom is 0.434 e. The molecular formula is C15H12ClF3N4S2. The minimum atomic E-state index is -4.53. The zero-order chi connectivity index (χ0) is 18.2. The summed E-state index contributed by atoms with van der Waals surface area (Å²) in [4.78, 5) is 3.59. The van der Waals surface area contributed by atoms with Crippen molar-refractivity contribution in [3.05, 3.63) is 45.6 Å². The second kappa shape index (κ2) is 6.97. The fourth-order valence-corrected chi connectivity index (χ4v) is 4.09. The van der Waals surface area contributed by atoms with Crippen LogP contribution in [-0.4, -0.2) is 19.7 Å². The molecule has 3 rings (SSSR count). The normalized spacial score (nSPS) is 11.9. The number of rotatable bonds is 4. The van der Waals surface area contributed by atoms with Crippen molar-refractivity contribution in [2.24, 2.45) is 7.05 Å². The molecule has 0 N–H and O–H groups in total. The number of hydrogen-bond donors (Lipinski definition) is 0. The number of thioether (sulfide) groups is 1. The van der Waals surface area contributed by atoms with E-state index in [0.29, 0.717) is 20.9 Å². The van der Waals surface area contributed by atoms with Gasteiger partial charge in [0.15, 0.2) is 16.7 Å². The van der Waals surface area contributed by atoms with Crippen LogP contribution < -0.4 is 0 Å². The first kappa shape index (κ1) is 18.2. The molecule has 0 fully saturated rings. The molecule has 2 aromatic heterocycles. The van der Waals surface area contributed by atoms with Gasteiger partial charge in [0.05, 0.1) is 5.01 Å². The summed E-state index contributed by atoms with van der Waals surface area (Å²) in [6.45, 7) is 1.54. The van der Waals surface area contributed by atoms with Gasteiger partial charge in [-0.1, -0.05) is 35.5 Å². The molecule has 10 heteroatoms. The smallest absolute Gasteiger partial charge is 0.304 e. The molecule has 132 valence electrons. The van der Waals surface area contributed by atoms with Gasteiger partial charge in [0.25, 0.3) is 0 Å². The Balaban J connectivity index is 1.86. The van der Waals surface area contributed by atoms with Gasteiger partial charge >= 0.3 is 6.18 Å². The zero-order valence-electron chi connectivity index (χ0n) is 13.1. The van der Waals surface area contributed by atoms with E-state index < -0.39 is 11.9 Å². The van der Waals surface area contributed by atoms with E-state index in [1.54, 1.807) is 23.7 Å². The van der Waals surface area contributed by atoms with Gasteiger partial charge in [-0.3, -0.25) is 0 Å². The predicted molar refractivity (Wildman–Crippen MR) is 92.9 cm³/mol. The van der Waals surface area contributed by atoms with Gasteiger partial charge in [0.2, 0.25) is 0 Å². The molecule has 0 aliphatic rings. The molecule has 1 aromatic carbocycles. The number of nitrogens with zero attached hydrogens (tertiary/aromatic N) is 4. The van der Waals surface area contributed by atoms with Gasteiger partial charge in [0.1, 0.15) is 4.88 Å². The Morgan fingerprint density at radius 1 is 1.20 bits per heavy atom. The number of benzene rings is 1.